The van der Waals surface area contributed by atoms with Gasteiger partial charge in [-0.15, -0.1) is 0 Å². The maximum absolute atomic E-state index is 4.25. The number of hydrogen-bond donors (Lipinski definition) is 1. The highest BCUT2D eigenvalue weighted by molar-refractivity contribution is 4.96. The summed E-state index contributed by atoms with van der Waals surface area (Å²) < 4.78 is 1.98. The molecule has 0 saturated heterocycles. The van der Waals surface area contributed by atoms with Crippen molar-refractivity contribution in [2.75, 3.05) is 0 Å². The largest absolute Gasteiger partial charge is 0.340 e. The lowest BCUT2D eigenvalue weighted by atomic mass is 9.93. The van der Waals surface area contributed by atoms with Gasteiger partial charge in [-0.3, -0.25) is 0 Å². The molecule has 0 atom stereocenters. The smallest absolute Gasteiger partial charge is 0.0947 e. The van der Waals surface area contributed by atoms with Crippen LogP contribution in [0.15, 0.2) is 12.5 Å². The van der Waals surface area contributed by atoms with Gasteiger partial charge in [0.1, 0.15) is 0 Å². The number of hydrogen-bond acceptors (Lipinski definition) is 2. The van der Waals surface area contributed by atoms with Crippen LogP contribution in [0, 0.1) is 0 Å². The molecule has 0 radical (unpaired) electrons. The first-order chi connectivity index (χ1) is 5.84. The molecule has 66 valence electrons. The van der Waals surface area contributed by atoms with Crippen molar-refractivity contribution in [2.24, 2.45) is 7.05 Å². The molecule has 12 heavy (non-hydrogen) atoms. The summed E-state index contributed by atoms with van der Waals surface area (Å²) in [5, 5.41) is 3.47. The normalized spacial score (nSPS) is 17.8. The van der Waals surface area contributed by atoms with Crippen LogP contribution in [0.5, 0.6) is 0 Å². The van der Waals surface area contributed by atoms with E-state index in [9.17, 15) is 0 Å². The fourth-order valence-corrected chi connectivity index (χ4v) is 1.42. The summed E-state index contributed by atoms with van der Waals surface area (Å²) in [6.45, 7) is 0.922. The zero-order valence-corrected chi connectivity index (χ0v) is 7.45. The SMILES string of the molecule is Cn1cnc(CNC2CCC2)c1. The Bertz CT molecular complexity index is 250. The Balaban J connectivity index is 1.79. The predicted octanol–water partition coefficient (Wildman–Crippen LogP) is 1.06. The number of nitrogens with zero attached hydrogens (tertiary/aromatic N) is 2. The molecule has 0 unspecified atom stereocenters. The minimum absolute atomic E-state index is 0.756. The van der Waals surface area contributed by atoms with Crippen LogP contribution in [0.3, 0.4) is 0 Å². The molecule has 0 spiro atoms. The summed E-state index contributed by atoms with van der Waals surface area (Å²) in [7, 11) is 2.00. The summed E-state index contributed by atoms with van der Waals surface area (Å²) in [6, 6.07) is 0.756. The van der Waals surface area contributed by atoms with Crippen molar-refractivity contribution in [2.45, 2.75) is 31.8 Å². The maximum Gasteiger partial charge on any atom is 0.0947 e. The van der Waals surface area contributed by atoms with Crippen LogP contribution < -0.4 is 5.32 Å². The van der Waals surface area contributed by atoms with E-state index in [1.54, 1.807) is 0 Å². The molecule has 1 fully saturated rings. The zero-order chi connectivity index (χ0) is 8.39. The Morgan fingerprint density at radius 3 is 3.00 bits per heavy atom. The van der Waals surface area contributed by atoms with E-state index in [0.717, 1.165) is 18.3 Å². The number of aryl methyl sites for hydroxylation is 1. The van der Waals surface area contributed by atoms with Gasteiger partial charge in [-0.2, -0.15) is 0 Å². The van der Waals surface area contributed by atoms with E-state index in [2.05, 4.69) is 16.5 Å². The standard InChI is InChI=1S/C9H15N3/c1-12-6-9(11-7-12)5-10-8-3-2-4-8/h6-8,10H,2-5H2,1H3. The Morgan fingerprint density at radius 2 is 2.50 bits per heavy atom. The van der Waals surface area contributed by atoms with Crippen molar-refractivity contribution < 1.29 is 0 Å². The van der Waals surface area contributed by atoms with Gasteiger partial charge in [-0.25, -0.2) is 4.98 Å². The third-order valence-electron chi connectivity index (χ3n) is 2.44. The molecule has 3 nitrogen and oxygen atoms in total. The van der Waals surface area contributed by atoms with E-state index in [0.29, 0.717) is 0 Å². The molecule has 1 saturated carbocycles. The quantitative estimate of drug-likeness (QED) is 0.726. The molecule has 0 aromatic carbocycles. The van der Waals surface area contributed by atoms with Crippen LogP contribution in [-0.4, -0.2) is 15.6 Å². The molecule has 1 aliphatic rings. The number of aromatic nitrogens is 2. The second-order valence-electron chi connectivity index (χ2n) is 3.54. The van der Waals surface area contributed by atoms with Crippen molar-refractivity contribution in [3.05, 3.63) is 18.2 Å². The lowest BCUT2D eigenvalue weighted by Crippen LogP contribution is -2.34. The molecule has 3 heteroatoms. The topological polar surface area (TPSA) is 29.9 Å². The summed E-state index contributed by atoms with van der Waals surface area (Å²) in [5.74, 6) is 0. The number of rotatable bonds is 3. The number of imidazole rings is 1. The second-order valence-corrected chi connectivity index (χ2v) is 3.54. The van der Waals surface area contributed by atoms with Crippen LogP contribution in [0.25, 0.3) is 0 Å². The van der Waals surface area contributed by atoms with E-state index in [-0.39, 0.29) is 0 Å². The predicted molar refractivity (Wildman–Crippen MR) is 47.7 cm³/mol. The average Bonchev–Trinajstić information content (AvgIpc) is 2.32. The minimum Gasteiger partial charge on any atom is -0.340 e. The third-order valence-corrected chi connectivity index (χ3v) is 2.44. The summed E-state index contributed by atoms with van der Waals surface area (Å²) in [6.07, 6.45) is 7.98. The molecule has 1 aromatic rings. The molecule has 0 aliphatic heterocycles. The van der Waals surface area contributed by atoms with Crippen molar-refractivity contribution >= 4 is 0 Å². The van der Waals surface area contributed by atoms with Crippen LogP contribution in [0.1, 0.15) is 25.0 Å². The Kier molecular flexibility index (Phi) is 2.13. The molecule has 2 rings (SSSR count). The molecular formula is C9H15N3. The van der Waals surface area contributed by atoms with Gasteiger partial charge in [0.25, 0.3) is 0 Å². The monoisotopic (exact) mass is 165 g/mol. The van der Waals surface area contributed by atoms with Gasteiger partial charge in [0.05, 0.1) is 12.0 Å². The van der Waals surface area contributed by atoms with E-state index in [4.69, 9.17) is 0 Å². The van der Waals surface area contributed by atoms with Crippen molar-refractivity contribution in [1.29, 1.82) is 0 Å². The van der Waals surface area contributed by atoms with Crippen LogP contribution in [0.2, 0.25) is 0 Å². The maximum atomic E-state index is 4.25. The van der Waals surface area contributed by atoms with E-state index < -0.39 is 0 Å². The first kappa shape index (κ1) is 7.80. The molecule has 1 heterocycles. The van der Waals surface area contributed by atoms with Gasteiger partial charge in [0, 0.05) is 25.8 Å². The van der Waals surface area contributed by atoms with Crippen molar-refractivity contribution in [3.63, 3.8) is 0 Å². The van der Waals surface area contributed by atoms with Crippen LogP contribution in [0.4, 0.5) is 0 Å². The highest BCUT2D eigenvalue weighted by Gasteiger charge is 2.16. The molecule has 1 aliphatic carbocycles. The Hall–Kier alpha value is -0.830. The lowest BCUT2D eigenvalue weighted by molar-refractivity contribution is 0.337. The molecule has 0 amide bonds. The highest BCUT2D eigenvalue weighted by atomic mass is 15.0. The van der Waals surface area contributed by atoms with Crippen molar-refractivity contribution in [3.8, 4) is 0 Å². The Labute approximate surface area is 72.8 Å². The molecule has 1 aromatic heterocycles. The van der Waals surface area contributed by atoms with Gasteiger partial charge >= 0.3 is 0 Å². The fourth-order valence-electron chi connectivity index (χ4n) is 1.42. The fraction of sp³-hybridized carbons (Fsp3) is 0.667. The minimum atomic E-state index is 0.756. The Morgan fingerprint density at radius 1 is 1.67 bits per heavy atom. The molecule has 1 N–H and O–H groups in total. The van der Waals surface area contributed by atoms with E-state index in [1.807, 2.05) is 17.9 Å². The third kappa shape index (κ3) is 1.67. The highest BCUT2D eigenvalue weighted by Crippen LogP contribution is 2.18. The van der Waals surface area contributed by atoms with E-state index >= 15 is 0 Å². The first-order valence-electron chi connectivity index (χ1n) is 4.55. The average molecular weight is 165 g/mol. The lowest BCUT2D eigenvalue weighted by Gasteiger charge is -2.26. The summed E-state index contributed by atoms with van der Waals surface area (Å²) >= 11 is 0. The molecule has 0 bridgehead atoms. The van der Waals surface area contributed by atoms with Gasteiger partial charge < -0.3 is 9.88 Å². The van der Waals surface area contributed by atoms with Gasteiger partial charge in [0.15, 0.2) is 0 Å². The van der Waals surface area contributed by atoms with Crippen LogP contribution in [-0.2, 0) is 13.6 Å². The second kappa shape index (κ2) is 3.27. The van der Waals surface area contributed by atoms with E-state index in [1.165, 1.54) is 19.3 Å². The van der Waals surface area contributed by atoms with Crippen LogP contribution >= 0.6 is 0 Å². The van der Waals surface area contributed by atoms with Gasteiger partial charge in [-0.05, 0) is 12.8 Å². The van der Waals surface area contributed by atoms with Crippen molar-refractivity contribution in [1.82, 2.24) is 14.9 Å². The zero-order valence-electron chi connectivity index (χ0n) is 7.45. The summed E-state index contributed by atoms with van der Waals surface area (Å²) in [4.78, 5) is 4.25. The van der Waals surface area contributed by atoms with Gasteiger partial charge in [0.2, 0.25) is 0 Å². The van der Waals surface area contributed by atoms with Gasteiger partial charge in [-0.1, -0.05) is 6.42 Å². The first-order valence-corrected chi connectivity index (χ1v) is 4.55. The summed E-state index contributed by atoms with van der Waals surface area (Å²) in [5.41, 5.74) is 1.14. The molecular weight excluding hydrogens is 150 g/mol. The number of nitrogens with one attached hydrogen (secondary N) is 1.